The second kappa shape index (κ2) is 8.25. The molecule has 0 fully saturated rings. The number of likely N-dealkylation sites (N-methyl/N-ethyl adjacent to an activating group) is 1. The number of aryl methyl sites for hydroxylation is 1. The minimum atomic E-state index is -0.0852. The molecule has 1 heterocycles. The molecule has 142 valence electrons. The van der Waals surface area contributed by atoms with Crippen molar-refractivity contribution in [3.8, 4) is 5.75 Å². The molecule has 0 radical (unpaired) electrons. The summed E-state index contributed by atoms with van der Waals surface area (Å²) in [5, 5.41) is 1.36. The number of thiazole rings is 1. The number of rotatable bonds is 6. The maximum absolute atomic E-state index is 13.3. The minimum Gasteiger partial charge on any atom is -0.497 e. The third-order valence-corrected chi connectivity index (χ3v) is 5.51. The normalized spacial score (nSPS) is 11.2. The molecule has 0 spiro atoms. The van der Waals surface area contributed by atoms with E-state index in [1.807, 2.05) is 31.2 Å². The van der Waals surface area contributed by atoms with Crippen LogP contribution in [0, 0.1) is 6.92 Å². The second-order valence-corrected chi connectivity index (χ2v) is 8.16. The number of aromatic nitrogens is 1. The van der Waals surface area contributed by atoms with Crippen LogP contribution in [-0.2, 0) is 0 Å². The quantitative estimate of drug-likeness (QED) is 0.686. The van der Waals surface area contributed by atoms with Crippen LogP contribution in [0.3, 0.4) is 0 Å². The zero-order valence-electron chi connectivity index (χ0n) is 15.9. The third kappa shape index (κ3) is 4.40. The van der Waals surface area contributed by atoms with Crippen LogP contribution in [-0.4, -0.2) is 45.2 Å². The number of fused-ring (bicyclic) bond motifs is 1. The van der Waals surface area contributed by atoms with Gasteiger partial charge >= 0.3 is 0 Å². The summed E-state index contributed by atoms with van der Waals surface area (Å²) in [6.07, 6.45) is 0. The Hall–Kier alpha value is -2.15. The molecule has 0 saturated carbocycles. The molecule has 0 aliphatic carbocycles. The van der Waals surface area contributed by atoms with Gasteiger partial charge in [-0.3, -0.25) is 9.69 Å². The molecule has 0 bridgehead atoms. The lowest BCUT2D eigenvalue weighted by Gasteiger charge is -2.21. The van der Waals surface area contributed by atoms with Gasteiger partial charge in [-0.25, -0.2) is 4.98 Å². The van der Waals surface area contributed by atoms with Crippen molar-refractivity contribution in [1.82, 2.24) is 4.98 Å². The van der Waals surface area contributed by atoms with Crippen molar-refractivity contribution in [1.29, 1.82) is 0 Å². The highest BCUT2D eigenvalue weighted by atomic mass is 35.5. The lowest BCUT2D eigenvalue weighted by atomic mass is 10.2. The average Bonchev–Trinajstić information content (AvgIpc) is 3.05. The summed E-state index contributed by atoms with van der Waals surface area (Å²) in [5.41, 5.74) is 2.48. The van der Waals surface area contributed by atoms with E-state index in [-0.39, 0.29) is 5.91 Å². The van der Waals surface area contributed by atoms with E-state index < -0.39 is 0 Å². The highest BCUT2D eigenvalue weighted by molar-refractivity contribution is 7.22. The number of anilines is 1. The van der Waals surface area contributed by atoms with Crippen LogP contribution < -0.4 is 14.5 Å². The van der Waals surface area contributed by atoms with Crippen molar-refractivity contribution in [2.75, 3.05) is 39.2 Å². The highest BCUT2D eigenvalue weighted by Crippen LogP contribution is 2.33. The van der Waals surface area contributed by atoms with E-state index in [9.17, 15) is 4.79 Å². The molecule has 2 aromatic carbocycles. The Morgan fingerprint density at radius 1 is 1.30 bits per heavy atom. The van der Waals surface area contributed by atoms with Gasteiger partial charge in [-0.15, -0.1) is 0 Å². The van der Waals surface area contributed by atoms with Crippen LogP contribution in [0.25, 0.3) is 10.2 Å². The van der Waals surface area contributed by atoms with Crippen molar-refractivity contribution in [2.24, 2.45) is 0 Å². The lowest BCUT2D eigenvalue weighted by Crippen LogP contribution is -3.06. The molecule has 3 rings (SSSR count). The number of nitrogens with zero attached hydrogens (tertiary/aromatic N) is 2. The Morgan fingerprint density at radius 3 is 2.78 bits per heavy atom. The topological polar surface area (TPSA) is 46.9 Å². The second-order valence-electron chi connectivity index (χ2n) is 6.71. The number of halogens is 1. The zero-order valence-corrected chi connectivity index (χ0v) is 17.4. The number of amides is 1. The van der Waals surface area contributed by atoms with E-state index in [1.165, 1.54) is 16.2 Å². The molecule has 3 aromatic rings. The molecule has 1 N–H and O–H groups in total. The van der Waals surface area contributed by atoms with Crippen molar-refractivity contribution < 1.29 is 14.4 Å². The van der Waals surface area contributed by atoms with Gasteiger partial charge in [0.25, 0.3) is 5.91 Å². The van der Waals surface area contributed by atoms with Gasteiger partial charge in [-0.05, 0) is 42.8 Å². The van der Waals surface area contributed by atoms with Crippen LogP contribution >= 0.6 is 22.9 Å². The Labute approximate surface area is 168 Å². The van der Waals surface area contributed by atoms with Gasteiger partial charge in [0.15, 0.2) is 5.13 Å². The summed E-state index contributed by atoms with van der Waals surface area (Å²) in [4.78, 5) is 21.0. The van der Waals surface area contributed by atoms with E-state index in [4.69, 9.17) is 21.3 Å². The molecular formula is C20H23ClN3O2S+. The number of carbonyl (C=O) groups is 1. The third-order valence-electron chi connectivity index (χ3n) is 4.27. The SMILES string of the molecule is COc1cccc(C(=O)N(CC[NH+](C)C)c2nc3c(C)cc(Cl)cc3s2)c1. The number of hydrogen-bond acceptors (Lipinski definition) is 4. The molecule has 0 aliphatic heterocycles. The molecule has 0 aliphatic rings. The first-order valence-electron chi connectivity index (χ1n) is 8.70. The Bertz CT molecular complexity index is 971. The van der Waals surface area contributed by atoms with Crippen molar-refractivity contribution in [3.05, 3.63) is 52.5 Å². The Balaban J connectivity index is 2.02. The summed E-state index contributed by atoms with van der Waals surface area (Å²) in [6, 6.07) is 11.0. The van der Waals surface area contributed by atoms with Crippen molar-refractivity contribution in [2.45, 2.75) is 6.92 Å². The number of carbonyl (C=O) groups excluding carboxylic acids is 1. The van der Waals surface area contributed by atoms with E-state index in [2.05, 4.69) is 14.1 Å². The number of quaternary nitrogens is 1. The fourth-order valence-corrected chi connectivity index (χ4v) is 4.23. The highest BCUT2D eigenvalue weighted by Gasteiger charge is 2.23. The molecule has 27 heavy (non-hydrogen) atoms. The van der Waals surface area contributed by atoms with E-state index in [1.54, 1.807) is 24.1 Å². The summed E-state index contributed by atoms with van der Waals surface area (Å²) in [5.74, 6) is 0.573. The van der Waals surface area contributed by atoms with Gasteiger partial charge in [0.05, 0.1) is 44.5 Å². The van der Waals surface area contributed by atoms with Gasteiger partial charge in [0.1, 0.15) is 5.75 Å². The largest absolute Gasteiger partial charge is 0.497 e. The van der Waals surface area contributed by atoms with Gasteiger partial charge in [0, 0.05) is 10.6 Å². The zero-order chi connectivity index (χ0) is 19.6. The van der Waals surface area contributed by atoms with E-state index >= 15 is 0 Å². The fraction of sp³-hybridized carbons (Fsp3) is 0.300. The van der Waals surface area contributed by atoms with Gasteiger partial charge < -0.3 is 9.64 Å². The first-order chi connectivity index (χ1) is 12.9. The smallest absolute Gasteiger partial charge is 0.260 e. The number of nitrogens with one attached hydrogen (secondary N) is 1. The summed E-state index contributed by atoms with van der Waals surface area (Å²) < 4.78 is 6.25. The molecule has 7 heteroatoms. The molecule has 1 aromatic heterocycles. The number of methoxy groups -OCH3 is 1. The predicted octanol–water partition coefficient (Wildman–Crippen LogP) is 3.06. The van der Waals surface area contributed by atoms with E-state index in [0.29, 0.717) is 28.0 Å². The summed E-state index contributed by atoms with van der Waals surface area (Å²) >= 11 is 7.68. The van der Waals surface area contributed by atoms with Crippen LogP contribution in [0.5, 0.6) is 5.75 Å². The van der Waals surface area contributed by atoms with Crippen molar-refractivity contribution in [3.63, 3.8) is 0 Å². The first-order valence-corrected chi connectivity index (χ1v) is 9.90. The minimum absolute atomic E-state index is 0.0852. The Kier molecular flexibility index (Phi) is 5.99. The maximum Gasteiger partial charge on any atom is 0.260 e. The van der Waals surface area contributed by atoms with Crippen molar-refractivity contribution >= 4 is 44.2 Å². The molecule has 0 unspecified atom stereocenters. The van der Waals surface area contributed by atoms with Gasteiger partial charge in [0.2, 0.25) is 0 Å². The Morgan fingerprint density at radius 2 is 2.07 bits per heavy atom. The molecular weight excluding hydrogens is 382 g/mol. The maximum atomic E-state index is 13.3. The molecule has 5 nitrogen and oxygen atoms in total. The standard InChI is InChI=1S/C20H22ClN3O2S/c1-13-10-15(21)12-17-18(13)22-20(27-17)24(9-8-23(2)3)19(25)14-6-5-7-16(11-14)26-4/h5-7,10-12H,8-9H2,1-4H3/p+1. The van der Waals surface area contributed by atoms with Crippen LogP contribution in [0.1, 0.15) is 15.9 Å². The number of ether oxygens (including phenoxy) is 1. The molecule has 0 atom stereocenters. The van der Waals surface area contributed by atoms with Crippen LogP contribution in [0.2, 0.25) is 5.02 Å². The monoisotopic (exact) mass is 404 g/mol. The van der Waals surface area contributed by atoms with E-state index in [0.717, 1.165) is 22.3 Å². The van der Waals surface area contributed by atoms with Gasteiger partial charge in [-0.1, -0.05) is 29.0 Å². The lowest BCUT2D eigenvalue weighted by molar-refractivity contribution is -0.856. The summed E-state index contributed by atoms with van der Waals surface area (Å²) in [6.45, 7) is 3.37. The number of benzene rings is 2. The van der Waals surface area contributed by atoms with Gasteiger partial charge in [-0.2, -0.15) is 0 Å². The first kappa shape index (κ1) is 19.6. The number of hydrogen-bond donors (Lipinski definition) is 1. The molecule has 0 saturated heterocycles. The molecule has 1 amide bonds. The fourth-order valence-electron chi connectivity index (χ4n) is 2.79. The average molecular weight is 405 g/mol. The predicted molar refractivity (Wildman–Crippen MR) is 112 cm³/mol. The van der Waals surface area contributed by atoms with Crippen LogP contribution in [0.15, 0.2) is 36.4 Å². The van der Waals surface area contributed by atoms with Crippen LogP contribution in [0.4, 0.5) is 5.13 Å². The summed E-state index contributed by atoms with van der Waals surface area (Å²) in [7, 11) is 5.73.